The van der Waals surface area contributed by atoms with Gasteiger partial charge in [-0.2, -0.15) is 13.2 Å². The van der Waals surface area contributed by atoms with Crippen molar-refractivity contribution in [1.29, 1.82) is 0 Å². The maximum Gasteiger partial charge on any atom is 0.416 e. The van der Waals surface area contributed by atoms with Gasteiger partial charge in [-0.15, -0.1) is 11.8 Å². The van der Waals surface area contributed by atoms with Crippen LogP contribution in [0.3, 0.4) is 0 Å². The number of halogens is 3. The van der Waals surface area contributed by atoms with E-state index >= 15 is 0 Å². The zero-order valence-electron chi connectivity index (χ0n) is 17.9. The molecule has 0 bridgehead atoms. The monoisotopic (exact) mass is 490 g/mol. The molecule has 11 heteroatoms. The van der Waals surface area contributed by atoms with Crippen LogP contribution in [0.15, 0.2) is 42.5 Å². The van der Waals surface area contributed by atoms with Gasteiger partial charge in [0, 0.05) is 24.7 Å². The van der Waals surface area contributed by atoms with E-state index in [1.807, 2.05) is 0 Å². The zero-order chi connectivity index (χ0) is 24.0. The zero-order valence-corrected chi connectivity index (χ0v) is 18.7. The SMILES string of the molecule is O=C1Nc2ccc(-c3cccc(C(F)(F)F)c3)cc2C(=O)N2CCN(C(=O)[C@H]3CSCN3)C[C@H]12. The molecule has 3 aliphatic rings. The van der Waals surface area contributed by atoms with Crippen LogP contribution in [0.25, 0.3) is 11.1 Å². The normalized spacial score (nSPS) is 22.7. The van der Waals surface area contributed by atoms with Crippen LogP contribution in [0, 0.1) is 0 Å². The molecule has 3 amide bonds. The Morgan fingerprint density at radius 2 is 1.85 bits per heavy atom. The largest absolute Gasteiger partial charge is 0.416 e. The molecule has 2 saturated heterocycles. The summed E-state index contributed by atoms with van der Waals surface area (Å²) in [6.07, 6.45) is -4.48. The maximum atomic E-state index is 13.4. The number of nitrogens with zero attached hydrogens (tertiary/aromatic N) is 2. The first kappa shape index (κ1) is 22.7. The Kier molecular flexibility index (Phi) is 5.76. The lowest BCUT2D eigenvalue weighted by molar-refractivity contribution is -0.138. The quantitative estimate of drug-likeness (QED) is 0.677. The molecule has 2 aromatic rings. The highest BCUT2D eigenvalue weighted by Gasteiger charge is 2.42. The minimum atomic E-state index is -4.48. The van der Waals surface area contributed by atoms with Crippen molar-refractivity contribution >= 4 is 35.2 Å². The van der Waals surface area contributed by atoms with Gasteiger partial charge in [0.2, 0.25) is 11.8 Å². The van der Waals surface area contributed by atoms with Gasteiger partial charge in [-0.1, -0.05) is 18.2 Å². The lowest BCUT2D eigenvalue weighted by Crippen LogP contribution is -2.61. The van der Waals surface area contributed by atoms with Gasteiger partial charge in [0.15, 0.2) is 0 Å². The molecule has 0 unspecified atom stereocenters. The molecule has 0 aliphatic carbocycles. The van der Waals surface area contributed by atoms with Crippen LogP contribution in [0.1, 0.15) is 15.9 Å². The second kappa shape index (κ2) is 8.62. The number of alkyl halides is 3. The summed E-state index contributed by atoms with van der Waals surface area (Å²) in [5, 5.41) is 5.88. The summed E-state index contributed by atoms with van der Waals surface area (Å²) in [4.78, 5) is 42.2. The summed E-state index contributed by atoms with van der Waals surface area (Å²) in [7, 11) is 0. The Morgan fingerprint density at radius 1 is 1.06 bits per heavy atom. The third-order valence-corrected chi connectivity index (χ3v) is 7.24. The van der Waals surface area contributed by atoms with Crippen LogP contribution in [-0.4, -0.2) is 70.9 Å². The number of fused-ring (bicyclic) bond motifs is 2. The van der Waals surface area contributed by atoms with Crippen molar-refractivity contribution in [2.24, 2.45) is 0 Å². The van der Waals surface area contributed by atoms with Gasteiger partial charge < -0.3 is 15.1 Å². The van der Waals surface area contributed by atoms with Gasteiger partial charge in [0.05, 0.1) is 29.4 Å². The van der Waals surface area contributed by atoms with Crippen LogP contribution in [-0.2, 0) is 15.8 Å². The number of hydrogen-bond donors (Lipinski definition) is 2. The summed E-state index contributed by atoms with van der Waals surface area (Å²) in [6.45, 7) is 0.587. The smallest absolute Gasteiger partial charge is 0.337 e. The van der Waals surface area contributed by atoms with Gasteiger partial charge in [-0.05, 0) is 35.4 Å². The van der Waals surface area contributed by atoms with Crippen molar-refractivity contribution in [3.05, 3.63) is 53.6 Å². The highest BCUT2D eigenvalue weighted by atomic mass is 32.2. The summed E-state index contributed by atoms with van der Waals surface area (Å²) in [5.41, 5.74) is 0.473. The molecule has 0 spiro atoms. The molecule has 2 atom stereocenters. The molecule has 3 heterocycles. The number of carbonyl (C=O) groups excluding carboxylic acids is 3. The molecule has 2 aromatic carbocycles. The minimum absolute atomic E-state index is 0.0847. The van der Waals surface area contributed by atoms with E-state index in [-0.39, 0.29) is 30.6 Å². The van der Waals surface area contributed by atoms with E-state index in [4.69, 9.17) is 0 Å². The summed E-state index contributed by atoms with van der Waals surface area (Å²) >= 11 is 1.63. The predicted octanol–water partition coefficient (Wildman–Crippen LogP) is 2.64. The van der Waals surface area contributed by atoms with Crippen molar-refractivity contribution in [3.63, 3.8) is 0 Å². The maximum absolute atomic E-state index is 13.4. The van der Waals surface area contributed by atoms with Crippen LogP contribution < -0.4 is 10.6 Å². The Balaban J connectivity index is 1.42. The predicted molar refractivity (Wildman–Crippen MR) is 121 cm³/mol. The number of anilines is 1. The molecule has 7 nitrogen and oxygen atoms in total. The molecule has 3 aliphatic heterocycles. The minimum Gasteiger partial charge on any atom is -0.337 e. The van der Waals surface area contributed by atoms with Crippen molar-refractivity contribution in [2.45, 2.75) is 18.3 Å². The average molecular weight is 491 g/mol. The molecule has 0 aromatic heterocycles. The molecule has 2 fully saturated rings. The summed E-state index contributed by atoms with van der Waals surface area (Å²) < 4.78 is 39.4. The number of rotatable bonds is 2. The second-order valence-electron chi connectivity index (χ2n) is 8.40. The number of carbonyl (C=O) groups is 3. The first-order valence-electron chi connectivity index (χ1n) is 10.8. The molecule has 34 heavy (non-hydrogen) atoms. The number of nitrogens with one attached hydrogen (secondary N) is 2. The van der Waals surface area contributed by atoms with Crippen molar-refractivity contribution < 1.29 is 27.6 Å². The highest BCUT2D eigenvalue weighted by Crippen LogP contribution is 2.34. The fourth-order valence-corrected chi connectivity index (χ4v) is 5.41. The fraction of sp³-hybridized carbons (Fsp3) is 0.348. The third-order valence-electron chi connectivity index (χ3n) is 6.30. The molecule has 0 radical (unpaired) electrons. The number of thioether (sulfide) groups is 1. The van der Waals surface area contributed by atoms with E-state index in [1.165, 1.54) is 23.1 Å². The van der Waals surface area contributed by atoms with Gasteiger partial charge in [0.1, 0.15) is 6.04 Å². The number of piperazine rings is 1. The Hall–Kier alpha value is -3.05. The van der Waals surface area contributed by atoms with Crippen molar-refractivity contribution in [1.82, 2.24) is 15.1 Å². The molecular weight excluding hydrogens is 469 g/mol. The van der Waals surface area contributed by atoms with Gasteiger partial charge >= 0.3 is 6.18 Å². The van der Waals surface area contributed by atoms with Gasteiger partial charge in [0.25, 0.3) is 5.91 Å². The van der Waals surface area contributed by atoms with Crippen LogP contribution >= 0.6 is 11.8 Å². The van der Waals surface area contributed by atoms with E-state index in [0.29, 0.717) is 35.0 Å². The molecule has 5 rings (SSSR count). The molecule has 2 N–H and O–H groups in total. The van der Waals surface area contributed by atoms with Crippen LogP contribution in [0.4, 0.5) is 18.9 Å². The molecule has 178 valence electrons. The Bertz CT molecular complexity index is 1170. The van der Waals surface area contributed by atoms with Gasteiger partial charge in [-0.25, -0.2) is 0 Å². The van der Waals surface area contributed by atoms with E-state index in [2.05, 4.69) is 10.6 Å². The van der Waals surface area contributed by atoms with E-state index in [0.717, 1.165) is 12.1 Å². The van der Waals surface area contributed by atoms with E-state index in [1.54, 1.807) is 28.8 Å². The number of amides is 3. The van der Waals surface area contributed by atoms with Gasteiger partial charge in [-0.3, -0.25) is 19.7 Å². The fourth-order valence-electron chi connectivity index (χ4n) is 4.48. The van der Waals surface area contributed by atoms with E-state index < -0.39 is 29.6 Å². The topological polar surface area (TPSA) is 81.8 Å². The van der Waals surface area contributed by atoms with E-state index in [9.17, 15) is 27.6 Å². The lowest BCUT2D eigenvalue weighted by Gasteiger charge is -2.40. The summed E-state index contributed by atoms with van der Waals surface area (Å²) in [5.74, 6) is 0.485. The number of hydrogen-bond acceptors (Lipinski definition) is 5. The molecular formula is C23H21F3N4O3S. The number of benzene rings is 2. The highest BCUT2D eigenvalue weighted by molar-refractivity contribution is 7.99. The Labute approximate surface area is 197 Å². The van der Waals surface area contributed by atoms with Crippen LogP contribution in [0.5, 0.6) is 0 Å². The third kappa shape index (κ3) is 4.14. The first-order valence-corrected chi connectivity index (χ1v) is 11.9. The standard InChI is InChI=1S/C23H21F3N4O3S/c24-23(25,26)15-3-1-2-13(8-15)14-4-5-17-16(9-14)21(32)30-7-6-29(10-19(30)20(31)28-17)22(33)18-11-34-12-27-18/h1-5,8-9,18-19,27H,6-7,10-12H2,(H,28,31)/t18-,19-/m1/s1. The first-order chi connectivity index (χ1) is 16.2. The Morgan fingerprint density at radius 3 is 2.59 bits per heavy atom. The van der Waals surface area contributed by atoms with Crippen molar-refractivity contribution in [3.8, 4) is 11.1 Å². The van der Waals surface area contributed by atoms with Crippen molar-refractivity contribution in [2.75, 3.05) is 36.6 Å². The molecule has 0 saturated carbocycles. The summed E-state index contributed by atoms with van der Waals surface area (Å²) in [6, 6.07) is 8.35. The second-order valence-corrected chi connectivity index (χ2v) is 9.43. The lowest BCUT2D eigenvalue weighted by atomic mass is 9.99. The average Bonchev–Trinajstić information content (AvgIpc) is 3.34. The van der Waals surface area contributed by atoms with Crippen LogP contribution in [0.2, 0.25) is 0 Å².